The molecular formula is C9H14S2. The second-order valence-corrected chi connectivity index (χ2v) is 4.83. The molecule has 62 valence electrons. The summed E-state index contributed by atoms with van der Waals surface area (Å²) in [6.45, 7) is 2.25. The molecule has 1 aromatic heterocycles. The van der Waals surface area contributed by atoms with Crippen molar-refractivity contribution in [2.75, 3.05) is 5.75 Å². The van der Waals surface area contributed by atoms with Gasteiger partial charge in [0.25, 0.3) is 0 Å². The third-order valence-electron chi connectivity index (χ3n) is 1.49. The highest BCUT2D eigenvalue weighted by molar-refractivity contribution is 8.01. The molecule has 0 nitrogen and oxygen atoms in total. The van der Waals surface area contributed by atoms with Gasteiger partial charge in [0.15, 0.2) is 0 Å². The molecule has 0 amide bonds. The maximum absolute atomic E-state index is 2.25. The van der Waals surface area contributed by atoms with E-state index in [4.69, 9.17) is 0 Å². The highest BCUT2D eigenvalue weighted by Crippen LogP contribution is 2.24. The minimum atomic E-state index is 1.29. The second-order valence-electron chi connectivity index (χ2n) is 2.49. The monoisotopic (exact) mass is 186 g/mol. The van der Waals surface area contributed by atoms with Gasteiger partial charge in [0.05, 0.1) is 4.21 Å². The number of thioether (sulfide) groups is 1. The molecule has 0 spiro atoms. The second kappa shape index (κ2) is 5.67. The first-order valence-corrected chi connectivity index (χ1v) is 5.96. The van der Waals surface area contributed by atoms with Gasteiger partial charge < -0.3 is 0 Å². The number of rotatable bonds is 5. The summed E-state index contributed by atoms with van der Waals surface area (Å²) < 4.78 is 1.46. The largest absolute Gasteiger partial charge is 0.137 e. The molecule has 0 radical (unpaired) electrons. The van der Waals surface area contributed by atoms with Gasteiger partial charge >= 0.3 is 0 Å². The maximum atomic E-state index is 2.25. The minimum Gasteiger partial charge on any atom is -0.137 e. The van der Waals surface area contributed by atoms with Crippen LogP contribution in [0.25, 0.3) is 0 Å². The summed E-state index contributed by atoms with van der Waals surface area (Å²) in [6, 6.07) is 4.31. The van der Waals surface area contributed by atoms with Crippen LogP contribution in [0.1, 0.15) is 26.2 Å². The Kier molecular flexibility index (Phi) is 4.71. The van der Waals surface area contributed by atoms with Gasteiger partial charge in [0.2, 0.25) is 0 Å². The van der Waals surface area contributed by atoms with Gasteiger partial charge in [-0.25, -0.2) is 0 Å². The van der Waals surface area contributed by atoms with Crippen LogP contribution in [0.3, 0.4) is 0 Å². The van der Waals surface area contributed by atoms with E-state index in [-0.39, 0.29) is 0 Å². The predicted octanol–water partition coefficient (Wildman–Crippen LogP) is 4.03. The Balaban J connectivity index is 2.04. The Hall–Kier alpha value is 0.0500. The Morgan fingerprint density at radius 1 is 1.45 bits per heavy atom. The van der Waals surface area contributed by atoms with Gasteiger partial charge in [0, 0.05) is 0 Å². The topological polar surface area (TPSA) is 0 Å². The van der Waals surface area contributed by atoms with E-state index in [0.717, 1.165) is 0 Å². The van der Waals surface area contributed by atoms with Crippen molar-refractivity contribution >= 4 is 23.1 Å². The van der Waals surface area contributed by atoms with Crippen molar-refractivity contribution in [1.82, 2.24) is 0 Å². The Labute approximate surface area is 77.0 Å². The summed E-state index contributed by atoms with van der Waals surface area (Å²) in [4.78, 5) is 0. The molecule has 0 aliphatic heterocycles. The Bertz CT molecular complexity index is 168. The first kappa shape index (κ1) is 9.14. The molecule has 0 unspecified atom stereocenters. The summed E-state index contributed by atoms with van der Waals surface area (Å²) in [7, 11) is 0. The lowest BCUT2D eigenvalue weighted by Crippen LogP contribution is -1.76. The van der Waals surface area contributed by atoms with Crippen LogP contribution in [-0.4, -0.2) is 5.75 Å². The standard InChI is InChI=1S/C9H14S2/c1-2-3-4-7-10-9-6-5-8-11-9/h5-6,8H,2-4,7H2,1H3. The van der Waals surface area contributed by atoms with E-state index in [1.165, 1.54) is 29.2 Å². The molecule has 0 saturated heterocycles. The van der Waals surface area contributed by atoms with Crippen molar-refractivity contribution in [3.05, 3.63) is 17.5 Å². The van der Waals surface area contributed by atoms with E-state index in [9.17, 15) is 0 Å². The molecule has 0 fully saturated rings. The van der Waals surface area contributed by atoms with Crippen LogP contribution in [0.4, 0.5) is 0 Å². The van der Waals surface area contributed by atoms with Gasteiger partial charge in [-0.2, -0.15) is 0 Å². The van der Waals surface area contributed by atoms with Crippen LogP contribution in [0.15, 0.2) is 21.7 Å². The predicted molar refractivity (Wildman–Crippen MR) is 54.6 cm³/mol. The molecule has 0 aliphatic rings. The lowest BCUT2D eigenvalue weighted by Gasteiger charge is -1.95. The summed E-state index contributed by atoms with van der Waals surface area (Å²) in [5.41, 5.74) is 0. The molecule has 0 aromatic carbocycles. The molecule has 0 bridgehead atoms. The van der Waals surface area contributed by atoms with E-state index < -0.39 is 0 Å². The number of hydrogen-bond acceptors (Lipinski definition) is 2. The van der Waals surface area contributed by atoms with E-state index >= 15 is 0 Å². The van der Waals surface area contributed by atoms with Crippen LogP contribution in [0.2, 0.25) is 0 Å². The van der Waals surface area contributed by atoms with Crippen LogP contribution >= 0.6 is 23.1 Å². The van der Waals surface area contributed by atoms with E-state index in [1.54, 1.807) is 0 Å². The highest BCUT2D eigenvalue weighted by atomic mass is 32.2. The van der Waals surface area contributed by atoms with Crippen molar-refractivity contribution < 1.29 is 0 Å². The molecule has 2 heteroatoms. The summed E-state index contributed by atoms with van der Waals surface area (Å²) >= 11 is 3.83. The fourth-order valence-corrected chi connectivity index (χ4v) is 2.73. The molecule has 0 saturated carbocycles. The minimum absolute atomic E-state index is 1.29. The van der Waals surface area contributed by atoms with Crippen LogP contribution in [0.5, 0.6) is 0 Å². The van der Waals surface area contributed by atoms with Crippen molar-refractivity contribution in [3.8, 4) is 0 Å². The zero-order valence-electron chi connectivity index (χ0n) is 6.88. The fraction of sp³-hybridized carbons (Fsp3) is 0.556. The van der Waals surface area contributed by atoms with Gasteiger partial charge in [-0.3, -0.25) is 0 Å². The number of thiophene rings is 1. The smallest absolute Gasteiger partial charge is 0.0598 e. The van der Waals surface area contributed by atoms with Gasteiger partial charge in [-0.15, -0.1) is 23.1 Å². The normalized spacial score (nSPS) is 10.3. The van der Waals surface area contributed by atoms with Crippen molar-refractivity contribution in [2.45, 2.75) is 30.4 Å². The third-order valence-corrected chi connectivity index (χ3v) is 3.70. The first-order chi connectivity index (χ1) is 5.43. The van der Waals surface area contributed by atoms with Crippen molar-refractivity contribution in [3.63, 3.8) is 0 Å². The van der Waals surface area contributed by atoms with Crippen molar-refractivity contribution in [1.29, 1.82) is 0 Å². The molecule has 1 aromatic rings. The zero-order valence-corrected chi connectivity index (χ0v) is 8.51. The molecule has 0 atom stereocenters. The molecule has 1 heterocycles. The fourth-order valence-electron chi connectivity index (χ4n) is 0.870. The van der Waals surface area contributed by atoms with E-state index in [2.05, 4.69) is 24.4 Å². The van der Waals surface area contributed by atoms with E-state index in [0.29, 0.717) is 0 Å². The molecular weight excluding hydrogens is 172 g/mol. The average Bonchev–Trinajstić information content (AvgIpc) is 2.50. The highest BCUT2D eigenvalue weighted by Gasteiger charge is 1.92. The first-order valence-electron chi connectivity index (χ1n) is 4.10. The summed E-state index contributed by atoms with van der Waals surface area (Å²) in [5, 5.41) is 2.14. The average molecular weight is 186 g/mol. The van der Waals surface area contributed by atoms with Gasteiger partial charge in [0.1, 0.15) is 0 Å². The van der Waals surface area contributed by atoms with Crippen LogP contribution in [-0.2, 0) is 0 Å². The number of hydrogen-bond donors (Lipinski definition) is 0. The maximum Gasteiger partial charge on any atom is 0.0598 e. The number of unbranched alkanes of at least 4 members (excludes halogenated alkanes) is 2. The van der Waals surface area contributed by atoms with Crippen LogP contribution < -0.4 is 0 Å². The van der Waals surface area contributed by atoms with Crippen LogP contribution in [0, 0.1) is 0 Å². The van der Waals surface area contributed by atoms with Crippen molar-refractivity contribution in [2.24, 2.45) is 0 Å². The molecule has 1 rings (SSSR count). The zero-order chi connectivity index (χ0) is 7.94. The van der Waals surface area contributed by atoms with E-state index in [1.807, 2.05) is 23.1 Å². The third kappa shape index (κ3) is 3.82. The molecule has 0 aliphatic carbocycles. The lowest BCUT2D eigenvalue weighted by atomic mass is 10.3. The van der Waals surface area contributed by atoms with Gasteiger partial charge in [-0.1, -0.05) is 25.8 Å². The SMILES string of the molecule is CCCCCSc1cccs1. The molecule has 0 N–H and O–H groups in total. The lowest BCUT2D eigenvalue weighted by molar-refractivity contribution is 0.779. The Morgan fingerprint density at radius 2 is 2.36 bits per heavy atom. The van der Waals surface area contributed by atoms with Gasteiger partial charge in [-0.05, 0) is 23.6 Å². The summed E-state index contributed by atoms with van der Waals surface area (Å²) in [6.07, 6.45) is 4.06. The summed E-state index contributed by atoms with van der Waals surface area (Å²) in [5.74, 6) is 1.29. The quantitative estimate of drug-likeness (QED) is 0.494. The molecule has 11 heavy (non-hydrogen) atoms. The Morgan fingerprint density at radius 3 is 3.00 bits per heavy atom.